The average Bonchev–Trinajstić information content (AvgIpc) is 2.74. The summed E-state index contributed by atoms with van der Waals surface area (Å²) in [5.74, 6) is 0. The van der Waals surface area contributed by atoms with Gasteiger partial charge in [-0.2, -0.15) is 0 Å². The zero-order valence-corrected chi connectivity index (χ0v) is 16.8. The van der Waals surface area contributed by atoms with Crippen LogP contribution in [0.25, 0.3) is 0 Å². The molecule has 2 aromatic rings. The van der Waals surface area contributed by atoms with Crippen LogP contribution in [0.5, 0.6) is 0 Å². The number of nitrogens with zero attached hydrogens (tertiary/aromatic N) is 1. The number of piperidine rings is 1. The van der Waals surface area contributed by atoms with Crippen molar-refractivity contribution in [1.82, 2.24) is 4.90 Å². The van der Waals surface area contributed by atoms with Crippen LogP contribution in [0.2, 0.25) is 0 Å². The van der Waals surface area contributed by atoms with Crippen molar-refractivity contribution in [3.05, 3.63) is 71.8 Å². The van der Waals surface area contributed by atoms with Gasteiger partial charge in [-0.1, -0.05) is 86.8 Å². The number of hydrogen-bond donors (Lipinski definition) is 1. The molecule has 3 rings (SSSR count). The van der Waals surface area contributed by atoms with Crippen molar-refractivity contribution in [3.8, 4) is 0 Å². The highest BCUT2D eigenvalue weighted by Crippen LogP contribution is 2.36. The molecule has 1 saturated heterocycles. The molecule has 1 aliphatic rings. The molecule has 146 valence electrons. The molecule has 1 aliphatic heterocycles. The number of rotatable bonds is 9. The molecule has 0 unspecified atom stereocenters. The Hall–Kier alpha value is -1.64. The maximum Gasteiger partial charge on any atom is 0.0628 e. The molecule has 0 aliphatic carbocycles. The van der Waals surface area contributed by atoms with Gasteiger partial charge < -0.3 is 5.11 Å². The van der Waals surface area contributed by atoms with Gasteiger partial charge in [0.1, 0.15) is 0 Å². The van der Waals surface area contributed by atoms with Crippen LogP contribution in [0.15, 0.2) is 60.7 Å². The van der Waals surface area contributed by atoms with Gasteiger partial charge in [0.25, 0.3) is 0 Å². The Morgan fingerprint density at radius 2 is 1.56 bits per heavy atom. The number of aliphatic hydroxyl groups is 1. The molecule has 0 aromatic heterocycles. The topological polar surface area (TPSA) is 23.5 Å². The first-order valence-electron chi connectivity index (χ1n) is 10.8. The maximum atomic E-state index is 10.3. The summed E-state index contributed by atoms with van der Waals surface area (Å²) in [5.41, 5.74) is 2.68. The molecule has 2 aromatic carbocycles. The second-order valence-corrected chi connectivity index (χ2v) is 7.96. The Bertz CT molecular complexity index is 642. The van der Waals surface area contributed by atoms with Crippen molar-refractivity contribution in [2.24, 2.45) is 0 Å². The Balaban J connectivity index is 1.80. The Morgan fingerprint density at radius 1 is 0.926 bits per heavy atom. The third-order valence-electron chi connectivity index (χ3n) is 6.14. The quantitative estimate of drug-likeness (QED) is 0.610. The van der Waals surface area contributed by atoms with E-state index in [0.29, 0.717) is 12.1 Å². The van der Waals surface area contributed by atoms with Crippen molar-refractivity contribution in [3.63, 3.8) is 0 Å². The minimum atomic E-state index is 0.120. The standard InChI is InChI=1S/C25H35NO/c1-2-3-15-23-16-10-17-24(19-18-21-11-6-4-7-12-21)26(23)25(20-27)22-13-8-5-9-14-22/h4-9,11-14,23-25,27H,2-3,10,15-20H2,1H3/t23-,24-,25+/m0/s1. The van der Waals surface area contributed by atoms with Crippen LogP contribution in [-0.4, -0.2) is 28.7 Å². The number of unbranched alkanes of at least 4 members (excludes halogenated alkanes) is 1. The summed E-state index contributed by atoms with van der Waals surface area (Å²) < 4.78 is 0. The van der Waals surface area contributed by atoms with E-state index in [1.807, 2.05) is 0 Å². The maximum absolute atomic E-state index is 10.3. The van der Waals surface area contributed by atoms with Gasteiger partial charge in [-0.15, -0.1) is 0 Å². The predicted molar refractivity (Wildman–Crippen MR) is 114 cm³/mol. The van der Waals surface area contributed by atoms with Crippen molar-refractivity contribution in [1.29, 1.82) is 0 Å². The van der Waals surface area contributed by atoms with Gasteiger partial charge in [0.05, 0.1) is 12.6 Å². The number of aryl methyl sites for hydroxylation is 1. The molecular weight excluding hydrogens is 330 g/mol. The van der Waals surface area contributed by atoms with Crippen LogP contribution in [0.3, 0.4) is 0 Å². The monoisotopic (exact) mass is 365 g/mol. The fourth-order valence-corrected chi connectivity index (χ4v) is 4.75. The Labute approximate surface area is 165 Å². The smallest absolute Gasteiger partial charge is 0.0628 e. The first kappa shape index (κ1) is 20.1. The molecule has 3 atom stereocenters. The molecule has 0 radical (unpaired) electrons. The molecule has 0 bridgehead atoms. The van der Waals surface area contributed by atoms with Gasteiger partial charge in [-0.3, -0.25) is 4.90 Å². The van der Waals surface area contributed by atoms with E-state index in [1.165, 1.54) is 56.1 Å². The summed E-state index contributed by atoms with van der Waals surface area (Å²) in [6, 6.07) is 22.7. The first-order chi connectivity index (χ1) is 13.3. The van der Waals surface area contributed by atoms with E-state index < -0.39 is 0 Å². The lowest BCUT2D eigenvalue weighted by atomic mass is 9.86. The number of aliphatic hydroxyl groups excluding tert-OH is 1. The molecule has 0 spiro atoms. The highest BCUT2D eigenvalue weighted by molar-refractivity contribution is 5.20. The highest BCUT2D eigenvalue weighted by Gasteiger charge is 2.35. The van der Waals surface area contributed by atoms with E-state index in [0.717, 1.165) is 6.42 Å². The van der Waals surface area contributed by atoms with Gasteiger partial charge in [-0.05, 0) is 43.2 Å². The minimum absolute atomic E-state index is 0.120. The first-order valence-corrected chi connectivity index (χ1v) is 10.8. The minimum Gasteiger partial charge on any atom is -0.394 e. The molecular formula is C25H35NO. The van der Waals surface area contributed by atoms with Crippen LogP contribution >= 0.6 is 0 Å². The lowest BCUT2D eigenvalue weighted by Gasteiger charge is -2.47. The van der Waals surface area contributed by atoms with Gasteiger partial charge in [0.2, 0.25) is 0 Å². The largest absolute Gasteiger partial charge is 0.394 e. The number of hydrogen-bond acceptors (Lipinski definition) is 2. The summed E-state index contributed by atoms with van der Waals surface area (Å²) in [4.78, 5) is 2.69. The second kappa shape index (κ2) is 10.6. The molecule has 1 heterocycles. The lowest BCUT2D eigenvalue weighted by Crippen LogP contribution is -2.49. The zero-order valence-electron chi connectivity index (χ0n) is 16.8. The normalized spacial score (nSPS) is 21.9. The van der Waals surface area contributed by atoms with E-state index in [2.05, 4.69) is 72.5 Å². The third-order valence-corrected chi connectivity index (χ3v) is 6.14. The van der Waals surface area contributed by atoms with Crippen LogP contribution in [-0.2, 0) is 6.42 Å². The fourth-order valence-electron chi connectivity index (χ4n) is 4.75. The highest BCUT2D eigenvalue weighted by atomic mass is 16.3. The van der Waals surface area contributed by atoms with Crippen molar-refractivity contribution in [2.45, 2.75) is 76.4 Å². The predicted octanol–water partition coefficient (Wildman–Crippen LogP) is 5.77. The van der Waals surface area contributed by atoms with Crippen LogP contribution in [0, 0.1) is 0 Å². The van der Waals surface area contributed by atoms with E-state index in [1.54, 1.807) is 0 Å². The molecule has 1 fully saturated rings. The van der Waals surface area contributed by atoms with Crippen molar-refractivity contribution in [2.75, 3.05) is 6.61 Å². The van der Waals surface area contributed by atoms with Crippen LogP contribution < -0.4 is 0 Å². The number of likely N-dealkylation sites (tertiary alicyclic amines) is 1. The molecule has 0 saturated carbocycles. The SMILES string of the molecule is CCCC[C@H]1CCC[C@@H](CCc2ccccc2)N1[C@H](CO)c1ccccc1. The van der Waals surface area contributed by atoms with Gasteiger partial charge in [0, 0.05) is 12.1 Å². The summed E-state index contributed by atoms with van der Waals surface area (Å²) in [6.07, 6.45) is 9.90. The van der Waals surface area contributed by atoms with E-state index in [9.17, 15) is 5.11 Å². The van der Waals surface area contributed by atoms with Gasteiger partial charge >= 0.3 is 0 Å². The molecule has 1 N–H and O–H groups in total. The Kier molecular flexibility index (Phi) is 7.92. The second-order valence-electron chi connectivity index (χ2n) is 7.96. The average molecular weight is 366 g/mol. The Morgan fingerprint density at radius 3 is 2.19 bits per heavy atom. The summed E-state index contributed by atoms with van der Waals surface area (Å²) >= 11 is 0. The van der Waals surface area contributed by atoms with E-state index >= 15 is 0 Å². The van der Waals surface area contributed by atoms with Gasteiger partial charge in [-0.25, -0.2) is 0 Å². The zero-order chi connectivity index (χ0) is 18.9. The van der Waals surface area contributed by atoms with Crippen molar-refractivity contribution >= 4 is 0 Å². The summed E-state index contributed by atoms with van der Waals surface area (Å²) in [5, 5.41) is 10.3. The number of benzene rings is 2. The summed E-state index contributed by atoms with van der Waals surface area (Å²) in [6.45, 7) is 2.48. The van der Waals surface area contributed by atoms with E-state index in [4.69, 9.17) is 0 Å². The van der Waals surface area contributed by atoms with Crippen LogP contribution in [0.1, 0.15) is 69.0 Å². The molecule has 2 nitrogen and oxygen atoms in total. The van der Waals surface area contributed by atoms with Crippen molar-refractivity contribution < 1.29 is 5.11 Å². The van der Waals surface area contributed by atoms with Crippen LogP contribution in [0.4, 0.5) is 0 Å². The third kappa shape index (κ3) is 5.43. The fraction of sp³-hybridized carbons (Fsp3) is 0.520. The molecule has 2 heteroatoms. The lowest BCUT2D eigenvalue weighted by molar-refractivity contribution is 0.00290. The summed E-state index contributed by atoms with van der Waals surface area (Å²) in [7, 11) is 0. The molecule has 27 heavy (non-hydrogen) atoms. The molecule has 0 amide bonds. The van der Waals surface area contributed by atoms with E-state index in [-0.39, 0.29) is 12.6 Å². The van der Waals surface area contributed by atoms with Gasteiger partial charge in [0.15, 0.2) is 0 Å².